The molecule has 0 aromatic heterocycles. The third-order valence-electron chi connectivity index (χ3n) is 5.00. The lowest BCUT2D eigenvalue weighted by molar-refractivity contribution is 0.102. The number of para-hydroxylation sites is 2. The van der Waals surface area contributed by atoms with Gasteiger partial charge in [-0.3, -0.25) is 9.10 Å². The average molecular weight is 435 g/mol. The van der Waals surface area contributed by atoms with Crippen LogP contribution in [-0.2, 0) is 16.4 Å². The zero-order valence-electron chi connectivity index (χ0n) is 17.7. The van der Waals surface area contributed by atoms with Crippen LogP contribution in [-0.4, -0.2) is 20.9 Å². The van der Waals surface area contributed by atoms with E-state index in [2.05, 4.69) is 11.9 Å². The van der Waals surface area contributed by atoms with Crippen molar-refractivity contribution in [2.45, 2.75) is 25.2 Å². The highest BCUT2D eigenvalue weighted by Crippen LogP contribution is 2.25. The molecule has 0 radical (unpaired) electrons. The van der Waals surface area contributed by atoms with Gasteiger partial charge in [0.05, 0.1) is 17.1 Å². The number of carbonyl (C=O) groups is 1. The van der Waals surface area contributed by atoms with Gasteiger partial charge in [0, 0.05) is 11.3 Å². The summed E-state index contributed by atoms with van der Waals surface area (Å²) in [5, 5.41) is 2.95. The number of anilines is 2. The van der Waals surface area contributed by atoms with Gasteiger partial charge in [-0.1, -0.05) is 55.5 Å². The van der Waals surface area contributed by atoms with Gasteiger partial charge in [0.25, 0.3) is 15.9 Å². The van der Waals surface area contributed by atoms with E-state index in [0.717, 1.165) is 23.2 Å². The van der Waals surface area contributed by atoms with Gasteiger partial charge in [-0.15, -0.1) is 6.58 Å². The van der Waals surface area contributed by atoms with Crippen LogP contribution in [0.5, 0.6) is 0 Å². The third kappa shape index (κ3) is 4.86. The quantitative estimate of drug-likeness (QED) is 0.496. The number of hydrogen-bond donors (Lipinski definition) is 1. The third-order valence-corrected chi connectivity index (χ3v) is 6.79. The van der Waals surface area contributed by atoms with Gasteiger partial charge in [0.2, 0.25) is 0 Å². The van der Waals surface area contributed by atoms with Gasteiger partial charge >= 0.3 is 0 Å². The number of benzene rings is 3. The van der Waals surface area contributed by atoms with Crippen LogP contribution in [0.3, 0.4) is 0 Å². The Kier molecular flexibility index (Phi) is 6.92. The average Bonchev–Trinajstić information content (AvgIpc) is 2.79. The number of rotatable bonds is 8. The highest BCUT2D eigenvalue weighted by molar-refractivity contribution is 7.92. The van der Waals surface area contributed by atoms with Crippen molar-refractivity contribution in [1.29, 1.82) is 0 Å². The lowest BCUT2D eigenvalue weighted by atomic mass is 10.1. The van der Waals surface area contributed by atoms with Crippen LogP contribution >= 0.6 is 0 Å². The highest BCUT2D eigenvalue weighted by atomic mass is 32.2. The minimum Gasteiger partial charge on any atom is -0.321 e. The van der Waals surface area contributed by atoms with Crippen LogP contribution in [0.1, 0.15) is 28.4 Å². The minimum atomic E-state index is -3.88. The number of aryl methyl sites for hydroxylation is 2. The van der Waals surface area contributed by atoms with E-state index in [0.29, 0.717) is 5.69 Å². The first kappa shape index (κ1) is 22.3. The van der Waals surface area contributed by atoms with Crippen LogP contribution in [0.25, 0.3) is 0 Å². The predicted molar refractivity (Wildman–Crippen MR) is 126 cm³/mol. The molecule has 0 aliphatic rings. The van der Waals surface area contributed by atoms with E-state index in [1.807, 2.05) is 38.1 Å². The molecule has 1 N–H and O–H groups in total. The Bertz CT molecular complexity index is 1190. The molecule has 0 saturated heterocycles. The second kappa shape index (κ2) is 9.62. The summed E-state index contributed by atoms with van der Waals surface area (Å²) < 4.78 is 28.0. The molecule has 5 nitrogen and oxygen atoms in total. The number of nitrogens with one attached hydrogen (secondary N) is 1. The fourth-order valence-electron chi connectivity index (χ4n) is 3.37. The number of hydrogen-bond acceptors (Lipinski definition) is 3. The molecule has 160 valence electrons. The zero-order chi connectivity index (χ0) is 22.4. The monoisotopic (exact) mass is 434 g/mol. The van der Waals surface area contributed by atoms with Crippen molar-refractivity contribution in [1.82, 2.24) is 0 Å². The molecule has 0 fully saturated rings. The van der Waals surface area contributed by atoms with E-state index in [1.54, 1.807) is 36.4 Å². The first-order valence-electron chi connectivity index (χ1n) is 10.1. The number of sulfonamides is 1. The van der Waals surface area contributed by atoms with E-state index in [9.17, 15) is 13.2 Å². The normalized spacial score (nSPS) is 11.0. The number of carbonyl (C=O) groups excluding carboxylic acids is 1. The van der Waals surface area contributed by atoms with Crippen LogP contribution in [0.15, 0.2) is 90.3 Å². The summed E-state index contributed by atoms with van der Waals surface area (Å²) >= 11 is 0. The Labute approximate surface area is 184 Å². The van der Waals surface area contributed by atoms with Gasteiger partial charge in [-0.05, 0) is 54.8 Å². The molecule has 31 heavy (non-hydrogen) atoms. The fourth-order valence-corrected chi connectivity index (χ4v) is 4.85. The summed E-state index contributed by atoms with van der Waals surface area (Å²) in [5.74, 6) is -0.351. The summed E-state index contributed by atoms with van der Waals surface area (Å²) in [4.78, 5) is 13.0. The Balaban J connectivity index is 1.95. The topological polar surface area (TPSA) is 66.5 Å². The smallest absolute Gasteiger partial charge is 0.264 e. The Morgan fingerprint density at radius 3 is 2.42 bits per heavy atom. The lowest BCUT2D eigenvalue weighted by Crippen LogP contribution is -2.31. The molecular weight excluding hydrogens is 408 g/mol. The second-order valence-electron chi connectivity index (χ2n) is 7.10. The van der Waals surface area contributed by atoms with E-state index in [1.165, 1.54) is 22.5 Å². The first-order chi connectivity index (χ1) is 14.9. The molecule has 0 saturated carbocycles. The maximum atomic E-state index is 13.4. The summed E-state index contributed by atoms with van der Waals surface area (Å²) in [6.45, 7) is 7.75. The molecule has 6 heteroatoms. The van der Waals surface area contributed by atoms with Crippen LogP contribution in [0.2, 0.25) is 0 Å². The molecule has 0 aliphatic carbocycles. The molecule has 0 aliphatic heterocycles. The Morgan fingerprint density at radius 2 is 1.74 bits per heavy atom. The van der Waals surface area contributed by atoms with Crippen molar-refractivity contribution >= 4 is 27.3 Å². The minimum absolute atomic E-state index is 0.0475. The van der Waals surface area contributed by atoms with Crippen LogP contribution in [0.4, 0.5) is 11.4 Å². The van der Waals surface area contributed by atoms with Crippen LogP contribution < -0.4 is 9.62 Å². The summed E-state index contributed by atoms with van der Waals surface area (Å²) in [5.41, 5.74) is 3.56. The van der Waals surface area contributed by atoms with Gasteiger partial charge in [0.1, 0.15) is 0 Å². The van der Waals surface area contributed by atoms with Gasteiger partial charge in [0.15, 0.2) is 0 Å². The molecule has 0 spiro atoms. The standard InChI is InChI=1S/C25H26N2O3S/c1-4-17-27(22-14-7-6-8-15-22)31(29,30)23-16-10-13-21(18-23)25(28)26-24-19(3)11-9-12-20(24)5-2/h4,6-16,18H,1,5,17H2,2-3H3,(H,26,28). The Morgan fingerprint density at radius 1 is 1.03 bits per heavy atom. The molecule has 1 amide bonds. The van der Waals surface area contributed by atoms with E-state index >= 15 is 0 Å². The maximum absolute atomic E-state index is 13.4. The molecule has 3 rings (SSSR count). The summed E-state index contributed by atoms with van der Waals surface area (Å²) in [6.07, 6.45) is 2.31. The molecule has 0 unspecified atom stereocenters. The van der Waals surface area contributed by atoms with Crippen molar-refractivity contribution in [3.05, 3.63) is 102 Å². The van der Waals surface area contributed by atoms with Crippen molar-refractivity contribution < 1.29 is 13.2 Å². The summed E-state index contributed by atoms with van der Waals surface area (Å²) in [7, 11) is -3.88. The van der Waals surface area contributed by atoms with E-state index < -0.39 is 10.0 Å². The second-order valence-corrected chi connectivity index (χ2v) is 8.97. The molecule has 0 heterocycles. The molecule has 0 atom stereocenters. The van der Waals surface area contributed by atoms with Gasteiger partial charge in [-0.25, -0.2) is 8.42 Å². The van der Waals surface area contributed by atoms with Crippen molar-refractivity contribution in [3.8, 4) is 0 Å². The van der Waals surface area contributed by atoms with Crippen molar-refractivity contribution in [2.75, 3.05) is 16.2 Å². The lowest BCUT2D eigenvalue weighted by Gasteiger charge is -2.23. The SMILES string of the molecule is C=CCN(c1ccccc1)S(=O)(=O)c1cccc(C(=O)Nc2c(C)cccc2CC)c1. The number of nitrogens with zero attached hydrogens (tertiary/aromatic N) is 1. The largest absolute Gasteiger partial charge is 0.321 e. The Hall–Kier alpha value is -3.38. The van der Waals surface area contributed by atoms with E-state index in [-0.39, 0.29) is 22.9 Å². The molecule has 0 bridgehead atoms. The summed E-state index contributed by atoms with van der Waals surface area (Å²) in [6, 6.07) is 20.8. The molecule has 3 aromatic rings. The van der Waals surface area contributed by atoms with Gasteiger partial charge in [-0.2, -0.15) is 0 Å². The zero-order valence-corrected chi connectivity index (χ0v) is 18.5. The van der Waals surface area contributed by atoms with Crippen LogP contribution in [0, 0.1) is 6.92 Å². The molecule has 3 aromatic carbocycles. The predicted octanol–water partition coefficient (Wildman–Crippen LogP) is 5.19. The first-order valence-corrected chi connectivity index (χ1v) is 11.5. The molecular formula is C25H26N2O3S. The number of amides is 1. The van der Waals surface area contributed by atoms with Crippen molar-refractivity contribution in [2.24, 2.45) is 0 Å². The van der Waals surface area contributed by atoms with Gasteiger partial charge < -0.3 is 5.32 Å². The highest BCUT2D eigenvalue weighted by Gasteiger charge is 2.25. The maximum Gasteiger partial charge on any atom is 0.264 e. The van der Waals surface area contributed by atoms with Crippen molar-refractivity contribution in [3.63, 3.8) is 0 Å². The van der Waals surface area contributed by atoms with E-state index in [4.69, 9.17) is 0 Å². The fraction of sp³-hybridized carbons (Fsp3) is 0.160.